The van der Waals surface area contributed by atoms with Crippen molar-refractivity contribution in [1.29, 1.82) is 0 Å². The van der Waals surface area contributed by atoms with Crippen molar-refractivity contribution in [2.24, 2.45) is 0 Å². The molecule has 3 N–H and O–H groups in total. The van der Waals surface area contributed by atoms with E-state index in [1.165, 1.54) is 11.1 Å². The largest absolute Gasteiger partial charge is 0.344 e. The van der Waals surface area contributed by atoms with Crippen LogP contribution in [0.5, 0.6) is 0 Å². The van der Waals surface area contributed by atoms with Crippen molar-refractivity contribution in [3.63, 3.8) is 0 Å². The van der Waals surface area contributed by atoms with Gasteiger partial charge in [-0.25, -0.2) is 0 Å². The number of hydrogen-bond acceptors (Lipinski definition) is 4. The molecule has 2 heterocycles. The van der Waals surface area contributed by atoms with E-state index in [2.05, 4.69) is 33.1 Å². The standard InChI is InChI=1S/C21H20N4O2/c1-13-19(9-15-4-2-3-5-18(15)24-13)25-21(27)20(26)23-10-14-6-7-16-11-22-12-17(16)8-14/h2-9,22H,10-12H2,1H3,(H,23,26)(H,25,27). The first-order chi connectivity index (χ1) is 13.1. The molecule has 27 heavy (non-hydrogen) atoms. The number of aryl methyl sites for hydroxylation is 1. The van der Waals surface area contributed by atoms with Crippen LogP contribution in [0.3, 0.4) is 0 Å². The van der Waals surface area contributed by atoms with Gasteiger partial charge in [-0.2, -0.15) is 0 Å². The number of anilines is 1. The third-order valence-electron chi connectivity index (χ3n) is 4.72. The summed E-state index contributed by atoms with van der Waals surface area (Å²) in [5, 5.41) is 9.53. The second-order valence-electron chi connectivity index (χ2n) is 6.66. The minimum absolute atomic E-state index is 0.314. The van der Waals surface area contributed by atoms with E-state index in [-0.39, 0.29) is 0 Å². The molecule has 2 aromatic carbocycles. The summed E-state index contributed by atoms with van der Waals surface area (Å²) in [6.07, 6.45) is 0. The Morgan fingerprint density at radius 1 is 1.04 bits per heavy atom. The lowest BCUT2D eigenvalue weighted by Crippen LogP contribution is -2.35. The Morgan fingerprint density at radius 3 is 2.74 bits per heavy atom. The highest BCUT2D eigenvalue weighted by molar-refractivity contribution is 6.39. The summed E-state index contributed by atoms with van der Waals surface area (Å²) in [4.78, 5) is 28.9. The number of nitrogens with one attached hydrogen (secondary N) is 3. The van der Waals surface area contributed by atoms with E-state index >= 15 is 0 Å². The van der Waals surface area contributed by atoms with Crippen molar-refractivity contribution in [3.05, 3.63) is 70.9 Å². The van der Waals surface area contributed by atoms with Gasteiger partial charge in [0, 0.05) is 25.0 Å². The Kier molecular flexibility index (Phi) is 4.56. The van der Waals surface area contributed by atoms with Gasteiger partial charge in [0.15, 0.2) is 0 Å². The number of nitrogens with zero attached hydrogens (tertiary/aromatic N) is 1. The van der Waals surface area contributed by atoms with Crippen LogP contribution in [0.1, 0.15) is 22.4 Å². The second kappa shape index (κ2) is 7.17. The molecule has 0 atom stereocenters. The molecule has 0 saturated carbocycles. The van der Waals surface area contributed by atoms with E-state index in [1.54, 1.807) is 6.92 Å². The first-order valence-corrected chi connectivity index (χ1v) is 8.87. The van der Waals surface area contributed by atoms with Crippen molar-refractivity contribution >= 4 is 28.4 Å². The zero-order valence-corrected chi connectivity index (χ0v) is 15.0. The molecule has 1 aliphatic rings. The summed E-state index contributed by atoms with van der Waals surface area (Å²) in [7, 11) is 0. The van der Waals surface area contributed by atoms with Gasteiger partial charge in [-0.1, -0.05) is 36.4 Å². The summed E-state index contributed by atoms with van der Waals surface area (Å²) in [5.74, 6) is -1.36. The third-order valence-corrected chi connectivity index (χ3v) is 4.72. The molecule has 0 fully saturated rings. The predicted molar refractivity (Wildman–Crippen MR) is 104 cm³/mol. The summed E-state index contributed by atoms with van der Waals surface area (Å²) >= 11 is 0. The summed E-state index contributed by atoms with van der Waals surface area (Å²) in [5.41, 5.74) is 5.55. The first kappa shape index (κ1) is 17.2. The van der Waals surface area contributed by atoms with E-state index in [0.29, 0.717) is 17.9 Å². The lowest BCUT2D eigenvalue weighted by atomic mass is 10.1. The molecule has 1 aliphatic heterocycles. The molecular formula is C21H20N4O2. The van der Waals surface area contributed by atoms with Crippen molar-refractivity contribution in [3.8, 4) is 0 Å². The fourth-order valence-electron chi connectivity index (χ4n) is 3.24. The van der Waals surface area contributed by atoms with Gasteiger partial charge in [0.05, 0.1) is 16.9 Å². The molecule has 0 bridgehead atoms. The molecule has 6 nitrogen and oxygen atoms in total. The maximum atomic E-state index is 12.2. The van der Waals surface area contributed by atoms with Gasteiger partial charge in [0.2, 0.25) is 0 Å². The number of hydrogen-bond donors (Lipinski definition) is 3. The molecule has 136 valence electrons. The number of pyridine rings is 1. The molecule has 2 amide bonds. The number of benzene rings is 2. The topological polar surface area (TPSA) is 83.1 Å². The van der Waals surface area contributed by atoms with Crippen LogP contribution in [0.4, 0.5) is 5.69 Å². The van der Waals surface area contributed by atoms with Crippen molar-refractivity contribution in [2.45, 2.75) is 26.6 Å². The molecule has 0 aliphatic carbocycles. The molecule has 3 aromatic rings. The maximum Gasteiger partial charge on any atom is 0.313 e. The Morgan fingerprint density at radius 2 is 1.85 bits per heavy atom. The molecule has 6 heteroatoms. The van der Waals surface area contributed by atoms with Gasteiger partial charge in [-0.05, 0) is 35.7 Å². The van der Waals surface area contributed by atoms with Crippen LogP contribution >= 0.6 is 0 Å². The van der Waals surface area contributed by atoms with Crippen molar-refractivity contribution in [2.75, 3.05) is 5.32 Å². The van der Waals surface area contributed by atoms with E-state index < -0.39 is 11.8 Å². The van der Waals surface area contributed by atoms with Crippen LogP contribution in [-0.2, 0) is 29.2 Å². The van der Waals surface area contributed by atoms with Gasteiger partial charge < -0.3 is 16.0 Å². The SMILES string of the molecule is Cc1nc2ccccc2cc1NC(=O)C(=O)NCc1ccc2c(c1)CNC2. The molecule has 0 spiro atoms. The Balaban J connectivity index is 1.41. The zero-order chi connectivity index (χ0) is 18.8. The van der Waals surface area contributed by atoms with Gasteiger partial charge in [-0.3, -0.25) is 14.6 Å². The molecule has 4 rings (SSSR count). The summed E-state index contributed by atoms with van der Waals surface area (Å²) < 4.78 is 0. The van der Waals surface area contributed by atoms with Crippen molar-refractivity contribution in [1.82, 2.24) is 15.6 Å². The van der Waals surface area contributed by atoms with Crippen LogP contribution in [0.2, 0.25) is 0 Å². The lowest BCUT2D eigenvalue weighted by molar-refractivity contribution is -0.136. The minimum Gasteiger partial charge on any atom is -0.344 e. The van der Waals surface area contributed by atoms with Crippen LogP contribution in [0, 0.1) is 6.92 Å². The smallest absolute Gasteiger partial charge is 0.313 e. The summed E-state index contributed by atoms with van der Waals surface area (Å²) in [6.45, 7) is 3.84. The normalized spacial score (nSPS) is 12.6. The molecule has 0 radical (unpaired) electrons. The fourth-order valence-corrected chi connectivity index (χ4v) is 3.24. The Hall–Kier alpha value is -3.25. The van der Waals surface area contributed by atoms with Crippen LogP contribution < -0.4 is 16.0 Å². The van der Waals surface area contributed by atoms with Gasteiger partial charge in [0.1, 0.15) is 0 Å². The fraction of sp³-hybridized carbons (Fsp3) is 0.190. The number of carbonyl (C=O) groups excluding carboxylic acids is 2. The van der Waals surface area contributed by atoms with Crippen LogP contribution in [-0.4, -0.2) is 16.8 Å². The highest BCUT2D eigenvalue weighted by atomic mass is 16.2. The Bertz CT molecular complexity index is 1050. The number of aromatic nitrogens is 1. The van der Waals surface area contributed by atoms with Gasteiger partial charge in [-0.15, -0.1) is 0 Å². The van der Waals surface area contributed by atoms with Gasteiger partial charge >= 0.3 is 11.8 Å². The first-order valence-electron chi connectivity index (χ1n) is 8.87. The average molecular weight is 360 g/mol. The molecule has 0 saturated heterocycles. The highest BCUT2D eigenvalue weighted by Gasteiger charge is 2.16. The van der Waals surface area contributed by atoms with Crippen LogP contribution in [0.25, 0.3) is 10.9 Å². The number of para-hydroxylation sites is 1. The average Bonchev–Trinajstić information content (AvgIpc) is 3.14. The monoisotopic (exact) mass is 360 g/mol. The van der Waals surface area contributed by atoms with Crippen LogP contribution in [0.15, 0.2) is 48.5 Å². The lowest BCUT2D eigenvalue weighted by Gasteiger charge is -2.10. The van der Waals surface area contributed by atoms with Crippen molar-refractivity contribution < 1.29 is 9.59 Å². The number of carbonyl (C=O) groups is 2. The summed E-state index contributed by atoms with van der Waals surface area (Å²) in [6, 6.07) is 15.6. The number of fused-ring (bicyclic) bond motifs is 2. The van der Waals surface area contributed by atoms with E-state index in [0.717, 1.165) is 29.6 Å². The van der Waals surface area contributed by atoms with E-state index in [9.17, 15) is 9.59 Å². The van der Waals surface area contributed by atoms with Gasteiger partial charge in [0.25, 0.3) is 0 Å². The second-order valence-corrected chi connectivity index (χ2v) is 6.66. The third kappa shape index (κ3) is 3.66. The predicted octanol–water partition coefficient (Wildman–Crippen LogP) is 2.40. The number of amides is 2. The zero-order valence-electron chi connectivity index (χ0n) is 15.0. The van der Waals surface area contributed by atoms with E-state index in [1.807, 2.05) is 36.4 Å². The molecule has 0 unspecified atom stereocenters. The molecule has 1 aromatic heterocycles. The highest BCUT2D eigenvalue weighted by Crippen LogP contribution is 2.20. The number of rotatable bonds is 3. The Labute approximate surface area is 157 Å². The van der Waals surface area contributed by atoms with E-state index in [4.69, 9.17) is 0 Å². The quantitative estimate of drug-likeness (QED) is 0.627. The molecular weight excluding hydrogens is 340 g/mol. The minimum atomic E-state index is -0.696. The maximum absolute atomic E-state index is 12.2.